The lowest BCUT2D eigenvalue weighted by atomic mass is 10.1. The van der Waals surface area contributed by atoms with E-state index in [1.54, 1.807) is 0 Å². The van der Waals surface area contributed by atoms with Crippen LogP contribution >= 0.6 is 15.9 Å². The summed E-state index contributed by atoms with van der Waals surface area (Å²) in [6, 6.07) is 7.93. The fraction of sp³-hybridized carbons (Fsp3) is 0.500. The molecule has 0 N–H and O–H groups in total. The van der Waals surface area contributed by atoms with Gasteiger partial charge >= 0.3 is 0 Å². The first kappa shape index (κ1) is 19.4. The predicted octanol–water partition coefficient (Wildman–Crippen LogP) is 3.80. The van der Waals surface area contributed by atoms with Crippen molar-refractivity contribution in [2.45, 2.75) is 46.1 Å². The van der Waals surface area contributed by atoms with Gasteiger partial charge in [0.1, 0.15) is 5.82 Å². The number of carbonyl (C=O) groups excluding carboxylic acids is 1. The Labute approximate surface area is 173 Å². The van der Waals surface area contributed by atoms with Gasteiger partial charge in [-0.15, -0.1) is 0 Å². The molecule has 2 fully saturated rings. The molecule has 1 atom stereocenters. The highest BCUT2D eigenvalue weighted by molar-refractivity contribution is 9.10. The molecule has 0 bridgehead atoms. The Kier molecular flexibility index (Phi) is 5.41. The van der Waals surface area contributed by atoms with Gasteiger partial charge in [-0.25, -0.2) is 4.98 Å². The number of aryl methyl sites for hydroxylation is 1. The zero-order chi connectivity index (χ0) is 19.8. The molecular weight excluding hydrogens is 418 g/mol. The summed E-state index contributed by atoms with van der Waals surface area (Å²) in [6.45, 7) is 6.08. The van der Waals surface area contributed by atoms with E-state index in [-0.39, 0.29) is 11.5 Å². The second-order valence-corrected chi connectivity index (χ2v) is 8.90. The van der Waals surface area contributed by atoms with Crippen molar-refractivity contribution in [1.29, 1.82) is 0 Å². The van der Waals surface area contributed by atoms with Crippen LogP contribution in [0.2, 0.25) is 0 Å². The third kappa shape index (κ3) is 3.79. The molecule has 28 heavy (non-hydrogen) atoms. The Morgan fingerprint density at radius 2 is 1.93 bits per heavy atom. The number of amides is 1. The Hall–Kier alpha value is -1.95. The van der Waals surface area contributed by atoms with Crippen LogP contribution in [0.5, 0.6) is 0 Å². The van der Waals surface area contributed by atoms with E-state index < -0.39 is 0 Å². The van der Waals surface area contributed by atoms with Crippen molar-refractivity contribution in [3.63, 3.8) is 0 Å². The zero-order valence-corrected chi connectivity index (χ0v) is 18.0. The van der Waals surface area contributed by atoms with Crippen molar-refractivity contribution in [1.82, 2.24) is 14.5 Å². The summed E-state index contributed by atoms with van der Waals surface area (Å²) < 4.78 is 2.84. The highest BCUT2D eigenvalue weighted by Crippen LogP contribution is 2.33. The lowest BCUT2D eigenvalue weighted by Gasteiger charge is -2.20. The molecule has 1 saturated heterocycles. The number of aromatic nitrogens is 2. The molecule has 1 saturated carbocycles. The molecule has 148 valence electrons. The smallest absolute Gasteiger partial charge is 0.257 e. The van der Waals surface area contributed by atoms with Gasteiger partial charge in [0.05, 0.1) is 0 Å². The molecule has 1 aromatic heterocycles. The highest BCUT2D eigenvalue weighted by atomic mass is 79.9. The Bertz CT molecular complexity index is 947. The molecule has 1 aromatic carbocycles. The first-order valence-electron chi connectivity index (χ1n) is 10.1. The molecule has 0 spiro atoms. The number of rotatable bonds is 5. The molecule has 2 aromatic rings. The molecule has 1 amide bonds. The van der Waals surface area contributed by atoms with Gasteiger partial charge in [-0.1, -0.05) is 35.0 Å². The van der Waals surface area contributed by atoms with E-state index in [0.717, 1.165) is 59.5 Å². The van der Waals surface area contributed by atoms with E-state index >= 15 is 0 Å². The SMILES string of the molecule is CCc1c(C)nc(-c2ccc(Br)cc2)n(C[C@@H]2CCN(C(=O)C3CC3)C2)c1=O. The van der Waals surface area contributed by atoms with Crippen LogP contribution in [0.15, 0.2) is 33.5 Å². The number of hydrogen-bond acceptors (Lipinski definition) is 3. The first-order valence-corrected chi connectivity index (χ1v) is 10.9. The zero-order valence-electron chi connectivity index (χ0n) is 16.4. The van der Waals surface area contributed by atoms with Gasteiger partial charge in [-0.05, 0) is 50.7 Å². The van der Waals surface area contributed by atoms with Crippen LogP contribution in [0.1, 0.15) is 37.4 Å². The monoisotopic (exact) mass is 443 g/mol. The summed E-state index contributed by atoms with van der Waals surface area (Å²) in [7, 11) is 0. The van der Waals surface area contributed by atoms with Gasteiger partial charge in [-0.2, -0.15) is 0 Å². The molecule has 4 rings (SSSR count). The number of benzene rings is 1. The van der Waals surface area contributed by atoms with Gasteiger partial charge in [-0.3, -0.25) is 14.2 Å². The van der Waals surface area contributed by atoms with Crippen LogP contribution < -0.4 is 5.56 Å². The summed E-state index contributed by atoms with van der Waals surface area (Å²) in [4.78, 5) is 32.4. The van der Waals surface area contributed by atoms with Gasteiger partial charge in [0, 0.05) is 46.8 Å². The average molecular weight is 444 g/mol. The van der Waals surface area contributed by atoms with E-state index in [2.05, 4.69) is 15.9 Å². The fourth-order valence-electron chi connectivity index (χ4n) is 4.12. The van der Waals surface area contributed by atoms with Crippen LogP contribution in [-0.2, 0) is 17.8 Å². The number of hydrogen-bond donors (Lipinski definition) is 0. The average Bonchev–Trinajstić information content (AvgIpc) is 3.43. The minimum atomic E-state index is 0.0555. The minimum Gasteiger partial charge on any atom is -0.342 e. The molecule has 0 unspecified atom stereocenters. The van der Waals surface area contributed by atoms with Crippen LogP contribution in [-0.4, -0.2) is 33.4 Å². The van der Waals surface area contributed by atoms with Crippen molar-refractivity contribution in [2.75, 3.05) is 13.1 Å². The molecule has 2 heterocycles. The number of carbonyl (C=O) groups is 1. The van der Waals surface area contributed by atoms with E-state index in [0.29, 0.717) is 24.8 Å². The highest BCUT2D eigenvalue weighted by Gasteiger charge is 2.36. The van der Waals surface area contributed by atoms with E-state index in [4.69, 9.17) is 4.98 Å². The lowest BCUT2D eigenvalue weighted by molar-refractivity contribution is -0.131. The third-order valence-electron chi connectivity index (χ3n) is 5.89. The van der Waals surface area contributed by atoms with Crippen LogP contribution in [0, 0.1) is 18.8 Å². The van der Waals surface area contributed by atoms with Gasteiger partial charge in [0.15, 0.2) is 0 Å². The maximum Gasteiger partial charge on any atom is 0.257 e. The van der Waals surface area contributed by atoms with Gasteiger partial charge < -0.3 is 4.90 Å². The fourth-order valence-corrected chi connectivity index (χ4v) is 4.39. The Morgan fingerprint density at radius 1 is 1.21 bits per heavy atom. The van der Waals surface area contributed by atoms with E-state index in [9.17, 15) is 9.59 Å². The predicted molar refractivity (Wildman–Crippen MR) is 113 cm³/mol. The number of halogens is 1. The van der Waals surface area contributed by atoms with E-state index in [1.807, 2.05) is 47.6 Å². The van der Waals surface area contributed by atoms with Crippen LogP contribution in [0.25, 0.3) is 11.4 Å². The Morgan fingerprint density at radius 3 is 2.57 bits per heavy atom. The summed E-state index contributed by atoms with van der Waals surface area (Å²) in [6.07, 6.45) is 3.69. The van der Waals surface area contributed by atoms with Crippen LogP contribution in [0.3, 0.4) is 0 Å². The molecule has 1 aliphatic carbocycles. The molecule has 2 aliphatic rings. The Balaban J connectivity index is 1.66. The first-order chi connectivity index (χ1) is 13.5. The normalized spacial score (nSPS) is 19.2. The summed E-state index contributed by atoms with van der Waals surface area (Å²) in [5.74, 6) is 1.58. The molecule has 0 radical (unpaired) electrons. The standard InChI is InChI=1S/C22H26BrN3O2/c1-3-19-14(2)24-20(16-6-8-18(23)9-7-16)26(22(19)28)13-15-10-11-25(12-15)21(27)17-4-5-17/h6-9,15,17H,3-5,10-13H2,1-2H3/t15-/m1/s1. The largest absolute Gasteiger partial charge is 0.342 e. The summed E-state index contributed by atoms with van der Waals surface area (Å²) >= 11 is 3.47. The van der Waals surface area contributed by atoms with Gasteiger partial charge in [0.2, 0.25) is 5.91 Å². The molecule has 5 nitrogen and oxygen atoms in total. The van der Waals surface area contributed by atoms with Crippen molar-refractivity contribution >= 4 is 21.8 Å². The number of nitrogens with zero attached hydrogens (tertiary/aromatic N) is 3. The quantitative estimate of drug-likeness (QED) is 0.705. The van der Waals surface area contributed by atoms with Crippen molar-refractivity contribution in [2.24, 2.45) is 11.8 Å². The molecular formula is C22H26BrN3O2. The maximum absolute atomic E-state index is 13.2. The van der Waals surface area contributed by atoms with E-state index in [1.165, 1.54) is 0 Å². The molecule has 6 heteroatoms. The second kappa shape index (κ2) is 7.82. The molecule has 1 aliphatic heterocycles. The van der Waals surface area contributed by atoms with Crippen molar-refractivity contribution in [3.8, 4) is 11.4 Å². The second-order valence-electron chi connectivity index (χ2n) is 7.99. The minimum absolute atomic E-state index is 0.0555. The van der Waals surface area contributed by atoms with Crippen molar-refractivity contribution < 1.29 is 4.79 Å². The van der Waals surface area contributed by atoms with Crippen LogP contribution in [0.4, 0.5) is 0 Å². The van der Waals surface area contributed by atoms with Gasteiger partial charge in [0.25, 0.3) is 5.56 Å². The lowest BCUT2D eigenvalue weighted by Crippen LogP contribution is -2.33. The topological polar surface area (TPSA) is 55.2 Å². The number of likely N-dealkylation sites (tertiary alicyclic amines) is 1. The summed E-state index contributed by atoms with van der Waals surface area (Å²) in [5, 5.41) is 0. The third-order valence-corrected chi connectivity index (χ3v) is 6.42. The maximum atomic E-state index is 13.2. The summed E-state index contributed by atoms with van der Waals surface area (Å²) in [5.41, 5.74) is 2.58. The van der Waals surface area contributed by atoms with Crippen molar-refractivity contribution in [3.05, 3.63) is 50.3 Å².